The van der Waals surface area contributed by atoms with Crippen LogP contribution in [0.4, 0.5) is 0 Å². The first-order valence-corrected chi connectivity index (χ1v) is 7.15. The van der Waals surface area contributed by atoms with E-state index in [9.17, 15) is 28.8 Å². The Bertz CT molecular complexity index is 551. The number of carbonyl (C=O) groups excluding carboxylic acids is 2. The maximum atomic E-state index is 10.8. The van der Waals surface area contributed by atoms with Gasteiger partial charge in [0.05, 0.1) is 24.7 Å². The molecule has 1 saturated heterocycles. The Labute approximate surface area is 141 Å². The zero-order valence-electron chi connectivity index (χ0n) is 13.0. The Morgan fingerprint density at radius 2 is 1.52 bits per heavy atom. The largest absolute Gasteiger partial charge is 0.481 e. The van der Waals surface area contributed by atoms with Gasteiger partial charge in [-0.3, -0.25) is 28.8 Å². The Balaban J connectivity index is 0.000000462. The normalized spacial score (nSPS) is 17.0. The summed E-state index contributed by atoms with van der Waals surface area (Å²) in [5.41, 5.74) is 0. The van der Waals surface area contributed by atoms with Crippen molar-refractivity contribution < 1.29 is 53.9 Å². The van der Waals surface area contributed by atoms with Crippen LogP contribution < -0.4 is 0 Å². The van der Waals surface area contributed by atoms with Crippen molar-refractivity contribution in [3.8, 4) is 0 Å². The molecular weight excluding hydrogens is 344 g/mol. The number of rotatable bonds is 9. The Kier molecular flexibility index (Phi) is 9.45. The number of hydrogen-bond donors (Lipinski definition) is 4. The molecule has 1 aliphatic heterocycles. The van der Waals surface area contributed by atoms with E-state index in [2.05, 4.69) is 4.74 Å². The van der Waals surface area contributed by atoms with Gasteiger partial charge in [-0.1, -0.05) is 0 Å². The van der Waals surface area contributed by atoms with Gasteiger partial charge in [-0.2, -0.15) is 0 Å². The fraction of sp³-hybridized carbons (Fsp3) is 0.571. The van der Waals surface area contributed by atoms with Crippen molar-refractivity contribution in [1.29, 1.82) is 0 Å². The molecule has 0 spiro atoms. The summed E-state index contributed by atoms with van der Waals surface area (Å²) in [6.07, 6.45) is -0.928. The van der Waals surface area contributed by atoms with Gasteiger partial charge in [0.2, 0.25) is 0 Å². The highest BCUT2D eigenvalue weighted by atomic mass is 16.6. The maximum Gasteiger partial charge on any atom is 0.317 e. The van der Waals surface area contributed by atoms with Gasteiger partial charge >= 0.3 is 35.8 Å². The maximum absolute atomic E-state index is 10.8. The van der Waals surface area contributed by atoms with Gasteiger partial charge in [-0.05, 0) is 12.8 Å². The highest BCUT2D eigenvalue weighted by Crippen LogP contribution is 2.20. The second-order valence-electron chi connectivity index (χ2n) is 5.19. The van der Waals surface area contributed by atoms with Gasteiger partial charge in [-0.25, -0.2) is 0 Å². The summed E-state index contributed by atoms with van der Waals surface area (Å²) in [6.45, 7) is 0. The zero-order valence-corrected chi connectivity index (χ0v) is 13.0. The summed E-state index contributed by atoms with van der Waals surface area (Å²) in [7, 11) is 0. The third kappa shape index (κ3) is 10.4. The van der Waals surface area contributed by atoms with Crippen molar-refractivity contribution in [3.63, 3.8) is 0 Å². The van der Waals surface area contributed by atoms with Crippen molar-refractivity contribution in [2.75, 3.05) is 0 Å². The number of carboxylic acid groups (broad SMARTS) is 4. The minimum absolute atomic E-state index is 0.0200. The van der Waals surface area contributed by atoms with E-state index in [4.69, 9.17) is 20.4 Å². The van der Waals surface area contributed by atoms with Crippen molar-refractivity contribution in [2.45, 2.75) is 38.5 Å². The molecule has 4 N–H and O–H groups in total. The van der Waals surface area contributed by atoms with Crippen molar-refractivity contribution in [1.82, 2.24) is 0 Å². The lowest BCUT2D eigenvalue weighted by Gasteiger charge is -2.06. The second kappa shape index (κ2) is 10.7. The summed E-state index contributed by atoms with van der Waals surface area (Å²) in [5.74, 6) is -7.43. The molecular formula is C14H18O11. The van der Waals surface area contributed by atoms with Crippen LogP contribution in [0.15, 0.2) is 0 Å². The summed E-state index contributed by atoms with van der Waals surface area (Å²) in [4.78, 5) is 62.0. The molecule has 0 radical (unpaired) electrons. The van der Waals surface area contributed by atoms with Gasteiger partial charge in [-0.15, -0.1) is 0 Å². The summed E-state index contributed by atoms with van der Waals surface area (Å²) in [6, 6.07) is 0. The van der Waals surface area contributed by atoms with E-state index in [1.54, 1.807) is 0 Å². The average molecular weight is 362 g/mol. The lowest BCUT2D eigenvalue weighted by Crippen LogP contribution is -2.18. The van der Waals surface area contributed by atoms with Gasteiger partial charge in [0.1, 0.15) is 0 Å². The molecule has 0 saturated carbocycles. The monoisotopic (exact) mass is 362 g/mol. The minimum Gasteiger partial charge on any atom is -0.481 e. The van der Waals surface area contributed by atoms with Crippen LogP contribution in [0.5, 0.6) is 0 Å². The fourth-order valence-electron chi connectivity index (χ4n) is 1.86. The Hall–Kier alpha value is -2.98. The molecule has 1 heterocycles. The van der Waals surface area contributed by atoms with Crippen LogP contribution in [0.25, 0.3) is 0 Å². The number of aliphatic carboxylic acids is 4. The number of cyclic esters (lactones) is 2. The third-order valence-electron chi connectivity index (χ3n) is 3.14. The van der Waals surface area contributed by atoms with E-state index in [1.165, 1.54) is 0 Å². The van der Waals surface area contributed by atoms with E-state index in [1.807, 2.05) is 0 Å². The molecule has 11 nitrogen and oxygen atoms in total. The predicted octanol–water partition coefficient (Wildman–Crippen LogP) is -0.0324. The highest BCUT2D eigenvalue weighted by molar-refractivity contribution is 5.94. The minimum atomic E-state index is -1.27. The molecule has 25 heavy (non-hydrogen) atoms. The van der Waals surface area contributed by atoms with E-state index >= 15 is 0 Å². The summed E-state index contributed by atoms with van der Waals surface area (Å²) >= 11 is 0. The molecule has 2 atom stereocenters. The topological polar surface area (TPSA) is 193 Å². The van der Waals surface area contributed by atoms with E-state index < -0.39 is 54.1 Å². The van der Waals surface area contributed by atoms with Crippen LogP contribution in [0.1, 0.15) is 38.5 Å². The molecule has 0 bridgehead atoms. The van der Waals surface area contributed by atoms with Crippen LogP contribution in [-0.2, 0) is 33.5 Å². The van der Waals surface area contributed by atoms with E-state index in [0.717, 1.165) is 0 Å². The van der Waals surface area contributed by atoms with Crippen LogP contribution in [0.2, 0.25) is 0 Å². The molecule has 11 heteroatoms. The quantitative estimate of drug-likeness (QED) is 0.318. The smallest absolute Gasteiger partial charge is 0.317 e. The molecule has 140 valence electrons. The van der Waals surface area contributed by atoms with E-state index in [0.29, 0.717) is 0 Å². The van der Waals surface area contributed by atoms with Crippen LogP contribution in [0.3, 0.4) is 0 Å². The predicted molar refractivity (Wildman–Crippen MR) is 76.3 cm³/mol. The van der Waals surface area contributed by atoms with Crippen LogP contribution in [-0.4, -0.2) is 56.2 Å². The SMILES string of the molecule is O=C(O)CCC(CC(=O)O)C(=O)O.O=C(O)CCC1CC(=O)OC1=O. The molecule has 2 unspecified atom stereocenters. The number of esters is 2. The Morgan fingerprint density at radius 3 is 1.88 bits per heavy atom. The molecule has 0 aromatic carbocycles. The van der Waals surface area contributed by atoms with E-state index in [-0.39, 0.29) is 32.1 Å². The first-order valence-electron chi connectivity index (χ1n) is 7.15. The molecule has 1 fully saturated rings. The fourth-order valence-corrected chi connectivity index (χ4v) is 1.86. The number of ether oxygens (including phenoxy) is 1. The summed E-state index contributed by atoms with van der Waals surface area (Å²) in [5, 5.41) is 33.3. The van der Waals surface area contributed by atoms with Gasteiger partial charge in [0.15, 0.2) is 0 Å². The van der Waals surface area contributed by atoms with Crippen LogP contribution in [0, 0.1) is 11.8 Å². The van der Waals surface area contributed by atoms with Gasteiger partial charge < -0.3 is 25.2 Å². The first-order chi connectivity index (χ1) is 11.5. The third-order valence-corrected chi connectivity index (χ3v) is 3.14. The van der Waals surface area contributed by atoms with Crippen molar-refractivity contribution >= 4 is 35.8 Å². The standard InChI is InChI=1S/C7H10O6.C7H8O5/c8-5(9)2-1-4(7(12)13)3-6(10)11;8-5(9)2-1-4-3-6(10)12-7(4)11/h4H,1-3H2,(H,8,9)(H,10,11)(H,12,13);4H,1-3H2,(H,8,9). The lowest BCUT2D eigenvalue weighted by atomic mass is 10.00. The molecule has 0 aromatic rings. The number of carbonyl (C=O) groups is 6. The zero-order chi connectivity index (χ0) is 19.6. The highest BCUT2D eigenvalue weighted by Gasteiger charge is 2.33. The first kappa shape index (κ1) is 22.0. The van der Waals surface area contributed by atoms with Gasteiger partial charge in [0, 0.05) is 12.8 Å². The Morgan fingerprint density at radius 1 is 0.960 bits per heavy atom. The number of carboxylic acids is 4. The number of hydrogen-bond acceptors (Lipinski definition) is 7. The average Bonchev–Trinajstić information content (AvgIpc) is 2.79. The molecule has 0 aliphatic carbocycles. The van der Waals surface area contributed by atoms with Gasteiger partial charge in [0.25, 0.3) is 0 Å². The molecule has 0 amide bonds. The molecule has 1 aliphatic rings. The van der Waals surface area contributed by atoms with Crippen molar-refractivity contribution in [3.05, 3.63) is 0 Å². The van der Waals surface area contributed by atoms with Crippen molar-refractivity contribution in [2.24, 2.45) is 11.8 Å². The second-order valence-corrected chi connectivity index (χ2v) is 5.19. The summed E-state index contributed by atoms with van der Waals surface area (Å²) < 4.78 is 4.24. The molecule has 0 aromatic heterocycles. The van der Waals surface area contributed by atoms with Crippen LogP contribution >= 0.6 is 0 Å². The molecule has 1 rings (SSSR count). The lowest BCUT2D eigenvalue weighted by molar-refractivity contribution is -0.153.